The molecule has 2 aliphatic rings. The summed E-state index contributed by atoms with van der Waals surface area (Å²) < 4.78 is 38.7. The van der Waals surface area contributed by atoms with Gasteiger partial charge in [-0.3, -0.25) is 4.79 Å². The molecule has 6 nitrogen and oxygen atoms in total. The highest BCUT2D eigenvalue weighted by atomic mass is 32.2. The predicted octanol–water partition coefficient (Wildman–Crippen LogP) is 2.74. The molecule has 0 radical (unpaired) electrons. The number of hydrogen-bond acceptors (Lipinski definition) is 6. The van der Waals surface area contributed by atoms with E-state index in [0.29, 0.717) is 4.21 Å². The molecule has 2 aliphatic heterocycles. The molecule has 0 aliphatic carbocycles. The smallest absolute Gasteiger partial charge is 0.303 e. The van der Waals surface area contributed by atoms with Gasteiger partial charge in [-0.15, -0.1) is 11.3 Å². The monoisotopic (exact) mass is 393 g/mol. The van der Waals surface area contributed by atoms with E-state index in [0.717, 1.165) is 11.1 Å². The van der Waals surface area contributed by atoms with Crippen LogP contribution in [-0.2, 0) is 24.3 Å². The third-order valence-corrected chi connectivity index (χ3v) is 8.14. The van der Waals surface area contributed by atoms with E-state index >= 15 is 0 Å². The van der Waals surface area contributed by atoms with E-state index in [1.165, 1.54) is 22.6 Å². The third-order valence-electron chi connectivity index (χ3n) is 4.94. The summed E-state index contributed by atoms with van der Waals surface area (Å²) in [6.45, 7) is 1.58. The lowest BCUT2D eigenvalue weighted by atomic mass is 9.81. The van der Waals surface area contributed by atoms with Crippen molar-refractivity contribution in [3.05, 3.63) is 52.9 Å². The van der Waals surface area contributed by atoms with Crippen molar-refractivity contribution in [2.75, 3.05) is 13.6 Å². The van der Waals surface area contributed by atoms with Gasteiger partial charge < -0.3 is 9.47 Å². The lowest BCUT2D eigenvalue weighted by molar-refractivity contribution is -0.150. The highest BCUT2D eigenvalue weighted by Gasteiger charge is 2.54. The number of hydrogen-bond donors (Lipinski definition) is 0. The summed E-state index contributed by atoms with van der Waals surface area (Å²) in [5.41, 5.74) is 2.07. The first-order valence-corrected chi connectivity index (χ1v) is 10.6. The molecular weight excluding hydrogens is 374 g/mol. The van der Waals surface area contributed by atoms with Crippen molar-refractivity contribution in [2.24, 2.45) is 5.92 Å². The Morgan fingerprint density at radius 2 is 1.88 bits per heavy atom. The van der Waals surface area contributed by atoms with Crippen LogP contribution >= 0.6 is 11.3 Å². The summed E-state index contributed by atoms with van der Waals surface area (Å²) in [6.07, 6.45) is -1.11. The van der Waals surface area contributed by atoms with E-state index in [1.807, 2.05) is 24.3 Å². The number of carbonyl (C=O) groups excluding carboxylic acids is 1. The standard InChI is InChI=1S/C18H19NO5S2/c1-11(20)23-18-14(10-19(2)26(21,22)15-8-5-9-25-15)16-12-6-3-4-7-13(12)17(18)24-16/h3-9,14,16-18H,10H2,1-2H3/t14-,16-,17+,18-/m0/s1. The fourth-order valence-corrected chi connectivity index (χ4v) is 6.23. The zero-order chi connectivity index (χ0) is 18.5. The largest absolute Gasteiger partial charge is 0.459 e. The minimum absolute atomic E-state index is 0.216. The SMILES string of the molecule is CC(=O)O[C@H]1[C@@H](CN(C)S(=O)(=O)c2cccs2)[C@H]2O[C@@H]1c1ccccc12. The van der Waals surface area contributed by atoms with Crippen molar-refractivity contribution in [1.82, 2.24) is 4.31 Å². The molecule has 4 atom stereocenters. The van der Waals surface area contributed by atoms with Crippen LogP contribution in [0, 0.1) is 5.92 Å². The summed E-state index contributed by atoms with van der Waals surface area (Å²) in [5, 5.41) is 1.74. The van der Waals surface area contributed by atoms with Gasteiger partial charge >= 0.3 is 5.97 Å². The topological polar surface area (TPSA) is 72.9 Å². The Labute approximate surface area is 156 Å². The molecule has 138 valence electrons. The Kier molecular flexibility index (Phi) is 4.38. The first-order valence-electron chi connectivity index (χ1n) is 8.31. The average molecular weight is 393 g/mol. The van der Waals surface area contributed by atoms with Gasteiger partial charge in [-0.05, 0) is 22.6 Å². The van der Waals surface area contributed by atoms with Gasteiger partial charge in [0.15, 0.2) is 0 Å². The summed E-state index contributed by atoms with van der Waals surface area (Å²) in [5.74, 6) is -0.643. The number of fused-ring (bicyclic) bond motifs is 5. The zero-order valence-electron chi connectivity index (χ0n) is 14.4. The Balaban J connectivity index is 1.63. The van der Waals surface area contributed by atoms with Gasteiger partial charge in [0.2, 0.25) is 0 Å². The maximum absolute atomic E-state index is 12.7. The van der Waals surface area contributed by atoms with Crippen molar-refractivity contribution in [1.29, 1.82) is 0 Å². The lowest BCUT2D eigenvalue weighted by Crippen LogP contribution is -2.40. The van der Waals surface area contributed by atoms with Gasteiger partial charge in [-0.2, -0.15) is 4.31 Å². The molecule has 8 heteroatoms. The van der Waals surface area contributed by atoms with Gasteiger partial charge in [0.25, 0.3) is 10.0 Å². The fourth-order valence-electron chi connectivity index (χ4n) is 3.82. The van der Waals surface area contributed by atoms with Crippen LogP contribution in [0.1, 0.15) is 30.3 Å². The molecule has 1 fully saturated rings. The second kappa shape index (κ2) is 6.45. The van der Waals surface area contributed by atoms with Gasteiger partial charge in [-0.25, -0.2) is 8.42 Å². The molecule has 2 aromatic rings. The van der Waals surface area contributed by atoms with E-state index in [4.69, 9.17) is 9.47 Å². The molecular formula is C18H19NO5S2. The Morgan fingerprint density at radius 1 is 1.19 bits per heavy atom. The summed E-state index contributed by atoms with van der Waals surface area (Å²) >= 11 is 1.19. The minimum atomic E-state index is -3.57. The number of nitrogens with zero attached hydrogens (tertiary/aromatic N) is 1. The van der Waals surface area contributed by atoms with Crippen molar-refractivity contribution in [3.8, 4) is 0 Å². The van der Waals surface area contributed by atoms with Crippen LogP contribution in [-0.4, -0.2) is 38.4 Å². The number of rotatable bonds is 5. The maximum Gasteiger partial charge on any atom is 0.303 e. The predicted molar refractivity (Wildman–Crippen MR) is 96.2 cm³/mol. The van der Waals surface area contributed by atoms with Gasteiger partial charge in [0, 0.05) is 26.4 Å². The molecule has 1 aromatic heterocycles. The van der Waals surface area contributed by atoms with E-state index in [2.05, 4.69) is 0 Å². The Hall–Kier alpha value is -1.74. The summed E-state index contributed by atoms with van der Waals surface area (Å²) in [6, 6.07) is 11.1. The van der Waals surface area contributed by atoms with Crippen molar-refractivity contribution >= 4 is 27.3 Å². The Bertz CT molecular complexity index is 925. The van der Waals surface area contributed by atoms with Gasteiger partial charge in [-0.1, -0.05) is 30.3 Å². The maximum atomic E-state index is 12.7. The molecule has 0 amide bonds. The van der Waals surface area contributed by atoms with Crippen LogP contribution in [0.5, 0.6) is 0 Å². The number of thiophene rings is 1. The van der Waals surface area contributed by atoms with E-state index in [1.54, 1.807) is 24.6 Å². The van der Waals surface area contributed by atoms with Crippen LogP contribution in [0.15, 0.2) is 46.0 Å². The molecule has 26 heavy (non-hydrogen) atoms. The molecule has 4 rings (SSSR count). The minimum Gasteiger partial charge on any atom is -0.459 e. The van der Waals surface area contributed by atoms with Crippen LogP contribution in [0.25, 0.3) is 0 Å². The number of benzene rings is 1. The van der Waals surface area contributed by atoms with Crippen LogP contribution < -0.4 is 0 Å². The molecule has 2 bridgehead atoms. The molecule has 0 N–H and O–H groups in total. The quantitative estimate of drug-likeness (QED) is 0.731. The first-order chi connectivity index (χ1) is 12.4. The number of carbonyl (C=O) groups is 1. The molecule has 1 aromatic carbocycles. The normalized spacial score (nSPS) is 26.9. The van der Waals surface area contributed by atoms with Crippen molar-refractivity contribution in [2.45, 2.75) is 29.4 Å². The average Bonchev–Trinajstić information content (AvgIpc) is 3.31. The number of esters is 1. The third kappa shape index (κ3) is 2.77. The summed E-state index contributed by atoms with van der Waals surface area (Å²) in [4.78, 5) is 11.6. The second-order valence-electron chi connectivity index (χ2n) is 6.56. The summed E-state index contributed by atoms with van der Waals surface area (Å²) in [7, 11) is -2.02. The van der Waals surface area contributed by atoms with Crippen LogP contribution in [0.2, 0.25) is 0 Å². The van der Waals surface area contributed by atoms with E-state index in [9.17, 15) is 13.2 Å². The highest BCUT2D eigenvalue weighted by molar-refractivity contribution is 7.91. The lowest BCUT2D eigenvalue weighted by Gasteiger charge is -2.31. The highest BCUT2D eigenvalue weighted by Crippen LogP contribution is 2.55. The molecule has 3 heterocycles. The van der Waals surface area contributed by atoms with Gasteiger partial charge in [0.05, 0.1) is 6.10 Å². The zero-order valence-corrected chi connectivity index (χ0v) is 16.0. The Morgan fingerprint density at radius 3 is 2.50 bits per heavy atom. The van der Waals surface area contributed by atoms with Crippen molar-refractivity contribution < 1.29 is 22.7 Å². The molecule has 1 saturated heterocycles. The molecule has 0 saturated carbocycles. The number of sulfonamides is 1. The fraction of sp³-hybridized carbons (Fsp3) is 0.389. The molecule has 0 unspecified atom stereocenters. The van der Waals surface area contributed by atoms with Crippen LogP contribution in [0.3, 0.4) is 0 Å². The number of ether oxygens (including phenoxy) is 2. The first kappa shape index (κ1) is 17.7. The van der Waals surface area contributed by atoms with Crippen molar-refractivity contribution in [3.63, 3.8) is 0 Å². The van der Waals surface area contributed by atoms with E-state index < -0.39 is 22.1 Å². The second-order valence-corrected chi connectivity index (χ2v) is 9.78. The van der Waals surface area contributed by atoms with Crippen LogP contribution in [0.4, 0.5) is 0 Å². The van der Waals surface area contributed by atoms with E-state index in [-0.39, 0.29) is 24.7 Å². The van der Waals surface area contributed by atoms with Gasteiger partial charge in [0.1, 0.15) is 16.4 Å². The molecule has 0 spiro atoms.